The van der Waals surface area contributed by atoms with Crippen molar-refractivity contribution in [2.75, 3.05) is 5.32 Å². The number of primary amides is 1. The van der Waals surface area contributed by atoms with Crippen LogP contribution in [0.2, 0.25) is 5.02 Å². The van der Waals surface area contributed by atoms with Crippen molar-refractivity contribution in [3.8, 4) is 0 Å². The Morgan fingerprint density at radius 1 is 1.35 bits per heavy atom. The maximum atomic E-state index is 12.4. The smallest absolute Gasteiger partial charge is 0.282 e. The average Bonchev–Trinajstić information content (AvgIpc) is 2.73. The van der Waals surface area contributed by atoms with Crippen LogP contribution in [-0.4, -0.2) is 16.7 Å². The van der Waals surface area contributed by atoms with Gasteiger partial charge in [-0.15, -0.1) is 11.3 Å². The molecule has 3 N–H and O–H groups in total. The molecule has 0 saturated heterocycles. The van der Waals surface area contributed by atoms with Crippen molar-refractivity contribution in [1.29, 1.82) is 0 Å². The molecular formula is C14H12ClN3O4S. The van der Waals surface area contributed by atoms with Gasteiger partial charge in [0, 0.05) is 16.0 Å². The van der Waals surface area contributed by atoms with Crippen LogP contribution >= 0.6 is 22.9 Å². The van der Waals surface area contributed by atoms with E-state index in [0.29, 0.717) is 5.56 Å². The molecule has 0 fully saturated rings. The number of thiophene rings is 1. The lowest BCUT2D eigenvalue weighted by Crippen LogP contribution is -2.18. The molecule has 0 radical (unpaired) electrons. The SMILES string of the molecule is Cc1sc(NC(=O)c2cc(Cl)ccc2[N+](=O)[O-])c(C(N)=O)c1C. The number of benzene rings is 1. The van der Waals surface area contributed by atoms with E-state index in [-0.39, 0.29) is 26.8 Å². The van der Waals surface area contributed by atoms with E-state index in [1.807, 2.05) is 0 Å². The number of nitrogens with zero attached hydrogens (tertiary/aromatic N) is 1. The van der Waals surface area contributed by atoms with Crippen LogP contribution in [0.1, 0.15) is 31.2 Å². The Morgan fingerprint density at radius 3 is 2.57 bits per heavy atom. The predicted octanol–water partition coefficient (Wildman–Crippen LogP) is 3.28. The van der Waals surface area contributed by atoms with Gasteiger partial charge in [-0.1, -0.05) is 11.6 Å². The number of nitrogens with two attached hydrogens (primary N) is 1. The molecule has 120 valence electrons. The molecule has 2 rings (SSSR count). The lowest BCUT2D eigenvalue weighted by molar-refractivity contribution is -0.385. The van der Waals surface area contributed by atoms with Gasteiger partial charge in [0.15, 0.2) is 0 Å². The molecule has 0 spiro atoms. The van der Waals surface area contributed by atoms with Gasteiger partial charge in [0.2, 0.25) is 0 Å². The summed E-state index contributed by atoms with van der Waals surface area (Å²) in [4.78, 5) is 35.1. The number of rotatable bonds is 4. The van der Waals surface area contributed by atoms with E-state index in [1.165, 1.54) is 23.5 Å². The number of nitro groups is 1. The average molecular weight is 354 g/mol. The molecule has 0 saturated carbocycles. The maximum Gasteiger partial charge on any atom is 0.282 e. The number of amides is 2. The summed E-state index contributed by atoms with van der Waals surface area (Å²) in [5.41, 5.74) is 5.63. The first kappa shape index (κ1) is 16.9. The highest BCUT2D eigenvalue weighted by Crippen LogP contribution is 2.33. The Hall–Kier alpha value is -2.45. The number of carbonyl (C=O) groups is 2. The molecule has 0 aliphatic carbocycles. The standard InChI is InChI=1S/C14H12ClN3O4S/c1-6-7(2)23-14(11(6)12(16)19)17-13(20)9-5-8(15)3-4-10(9)18(21)22/h3-5H,1-2H3,(H2,16,19)(H,17,20). The van der Waals surface area contributed by atoms with E-state index >= 15 is 0 Å². The van der Waals surface area contributed by atoms with E-state index in [9.17, 15) is 19.7 Å². The summed E-state index contributed by atoms with van der Waals surface area (Å²) in [6.07, 6.45) is 0. The Bertz CT molecular complexity index is 832. The molecular weight excluding hydrogens is 342 g/mol. The fourth-order valence-corrected chi connectivity index (χ4v) is 3.26. The number of nitro benzene ring substituents is 1. The molecule has 0 unspecified atom stereocenters. The van der Waals surface area contributed by atoms with Crippen molar-refractivity contribution in [3.05, 3.63) is 54.9 Å². The summed E-state index contributed by atoms with van der Waals surface area (Å²) >= 11 is 6.98. The van der Waals surface area contributed by atoms with Crippen LogP contribution in [0.4, 0.5) is 10.7 Å². The van der Waals surface area contributed by atoms with E-state index in [1.54, 1.807) is 13.8 Å². The first-order valence-corrected chi connectivity index (χ1v) is 7.57. The van der Waals surface area contributed by atoms with Gasteiger partial charge in [0.05, 0.1) is 10.5 Å². The largest absolute Gasteiger partial charge is 0.365 e. The van der Waals surface area contributed by atoms with E-state index in [0.717, 1.165) is 10.9 Å². The lowest BCUT2D eigenvalue weighted by Gasteiger charge is -2.06. The minimum absolute atomic E-state index is 0.189. The first-order valence-electron chi connectivity index (χ1n) is 6.37. The quantitative estimate of drug-likeness (QED) is 0.648. The second-order valence-corrected chi connectivity index (χ2v) is 6.39. The molecule has 2 amide bonds. The van der Waals surface area contributed by atoms with Crippen LogP contribution in [-0.2, 0) is 0 Å². The molecule has 0 aliphatic rings. The molecule has 23 heavy (non-hydrogen) atoms. The Morgan fingerprint density at radius 2 is 2.00 bits per heavy atom. The zero-order valence-corrected chi connectivity index (χ0v) is 13.7. The topological polar surface area (TPSA) is 115 Å². The second-order valence-electron chi connectivity index (χ2n) is 4.72. The maximum absolute atomic E-state index is 12.4. The number of aryl methyl sites for hydroxylation is 1. The Kier molecular flexibility index (Phi) is 4.67. The number of nitrogens with one attached hydrogen (secondary N) is 1. The van der Waals surface area contributed by atoms with E-state index in [2.05, 4.69) is 5.32 Å². The van der Waals surface area contributed by atoms with Gasteiger partial charge in [-0.25, -0.2) is 0 Å². The number of hydrogen-bond acceptors (Lipinski definition) is 5. The van der Waals surface area contributed by atoms with Crippen molar-refractivity contribution in [2.24, 2.45) is 5.73 Å². The fraction of sp³-hybridized carbons (Fsp3) is 0.143. The number of carbonyl (C=O) groups excluding carboxylic acids is 2. The normalized spacial score (nSPS) is 10.4. The van der Waals surface area contributed by atoms with Gasteiger partial charge in [0.25, 0.3) is 17.5 Å². The van der Waals surface area contributed by atoms with Crippen molar-refractivity contribution < 1.29 is 14.5 Å². The van der Waals surface area contributed by atoms with Crippen LogP contribution in [0.15, 0.2) is 18.2 Å². The Balaban J connectivity index is 2.45. The summed E-state index contributed by atoms with van der Waals surface area (Å²) in [5, 5.41) is 14.0. The van der Waals surface area contributed by atoms with Crippen molar-refractivity contribution in [3.63, 3.8) is 0 Å². The minimum atomic E-state index is -0.733. The van der Waals surface area contributed by atoms with Gasteiger partial charge in [-0.05, 0) is 31.5 Å². The fourth-order valence-electron chi connectivity index (χ4n) is 2.03. The van der Waals surface area contributed by atoms with Gasteiger partial charge in [-0.3, -0.25) is 19.7 Å². The van der Waals surface area contributed by atoms with Crippen LogP contribution in [0.3, 0.4) is 0 Å². The molecule has 1 aromatic carbocycles. The summed E-state index contributed by atoms with van der Waals surface area (Å²) in [5.74, 6) is -1.41. The third-order valence-electron chi connectivity index (χ3n) is 3.26. The highest BCUT2D eigenvalue weighted by Gasteiger charge is 2.24. The van der Waals surface area contributed by atoms with Gasteiger partial charge in [0.1, 0.15) is 10.6 Å². The number of anilines is 1. The summed E-state index contributed by atoms with van der Waals surface area (Å²) in [7, 11) is 0. The molecule has 0 atom stereocenters. The predicted molar refractivity (Wildman–Crippen MR) is 88.4 cm³/mol. The molecule has 9 heteroatoms. The minimum Gasteiger partial charge on any atom is -0.365 e. The Labute approximate surface area is 140 Å². The molecule has 2 aromatic rings. The second kappa shape index (κ2) is 6.35. The van der Waals surface area contributed by atoms with Crippen molar-refractivity contribution >= 4 is 45.4 Å². The van der Waals surface area contributed by atoms with Crippen molar-refractivity contribution in [2.45, 2.75) is 13.8 Å². The zero-order chi connectivity index (χ0) is 17.3. The lowest BCUT2D eigenvalue weighted by atomic mass is 10.1. The van der Waals surface area contributed by atoms with E-state index < -0.39 is 16.7 Å². The van der Waals surface area contributed by atoms with Gasteiger partial charge in [-0.2, -0.15) is 0 Å². The van der Waals surface area contributed by atoms with Gasteiger partial charge < -0.3 is 11.1 Å². The third kappa shape index (κ3) is 3.33. The third-order valence-corrected chi connectivity index (χ3v) is 4.62. The summed E-state index contributed by atoms with van der Waals surface area (Å²) < 4.78 is 0. The van der Waals surface area contributed by atoms with Crippen LogP contribution in [0.5, 0.6) is 0 Å². The molecule has 1 heterocycles. The summed E-state index contributed by atoms with van der Waals surface area (Å²) in [6, 6.07) is 3.67. The number of halogens is 1. The molecule has 7 nitrogen and oxygen atoms in total. The highest BCUT2D eigenvalue weighted by atomic mass is 35.5. The van der Waals surface area contributed by atoms with Crippen LogP contribution in [0, 0.1) is 24.0 Å². The number of hydrogen-bond donors (Lipinski definition) is 2. The molecule has 1 aromatic heterocycles. The van der Waals surface area contributed by atoms with E-state index in [4.69, 9.17) is 17.3 Å². The molecule has 0 bridgehead atoms. The zero-order valence-electron chi connectivity index (χ0n) is 12.2. The van der Waals surface area contributed by atoms with Gasteiger partial charge >= 0.3 is 0 Å². The monoisotopic (exact) mass is 353 g/mol. The molecule has 0 aliphatic heterocycles. The first-order chi connectivity index (χ1) is 10.7. The summed E-state index contributed by atoms with van der Waals surface area (Å²) in [6.45, 7) is 3.49. The van der Waals surface area contributed by atoms with Crippen LogP contribution < -0.4 is 11.1 Å². The van der Waals surface area contributed by atoms with Crippen LogP contribution in [0.25, 0.3) is 0 Å². The van der Waals surface area contributed by atoms with Crippen molar-refractivity contribution in [1.82, 2.24) is 0 Å². The highest BCUT2D eigenvalue weighted by molar-refractivity contribution is 7.16.